The van der Waals surface area contributed by atoms with E-state index in [0.29, 0.717) is 5.75 Å². The summed E-state index contributed by atoms with van der Waals surface area (Å²) in [5.74, 6) is 1.52. The van der Waals surface area contributed by atoms with E-state index in [-0.39, 0.29) is 18.6 Å². The van der Waals surface area contributed by atoms with Gasteiger partial charge in [-0.1, -0.05) is 30.3 Å². The Morgan fingerprint density at radius 2 is 1.93 bits per heavy atom. The molecule has 5 nitrogen and oxygen atoms in total. The monoisotopic (exact) mass is 408 g/mol. The molecule has 1 aliphatic heterocycles. The van der Waals surface area contributed by atoms with Gasteiger partial charge in [0.1, 0.15) is 16.5 Å². The van der Waals surface area contributed by atoms with Gasteiger partial charge in [0.05, 0.1) is 18.8 Å². The van der Waals surface area contributed by atoms with Crippen LogP contribution >= 0.6 is 11.3 Å². The number of nitrogens with zero attached hydrogens (tertiary/aromatic N) is 2. The summed E-state index contributed by atoms with van der Waals surface area (Å²) in [6.07, 6.45) is 3.03. The van der Waals surface area contributed by atoms with Gasteiger partial charge in [-0.05, 0) is 43.5 Å². The highest BCUT2D eigenvalue weighted by molar-refractivity contribution is 7.10. The molecule has 29 heavy (non-hydrogen) atoms. The van der Waals surface area contributed by atoms with Gasteiger partial charge in [0, 0.05) is 17.5 Å². The van der Waals surface area contributed by atoms with E-state index in [1.165, 1.54) is 0 Å². The van der Waals surface area contributed by atoms with E-state index >= 15 is 0 Å². The van der Waals surface area contributed by atoms with Gasteiger partial charge in [-0.15, -0.1) is 11.3 Å². The molecule has 1 aromatic heterocycles. The maximum atomic E-state index is 12.9. The van der Waals surface area contributed by atoms with Crippen LogP contribution in [0.2, 0.25) is 0 Å². The predicted molar refractivity (Wildman–Crippen MR) is 114 cm³/mol. The molecular formula is C23H24N2O3S. The number of para-hydroxylation sites is 2. The molecule has 1 atom stereocenters. The molecule has 0 unspecified atom stereocenters. The number of hydrogen-bond acceptors (Lipinski definition) is 5. The summed E-state index contributed by atoms with van der Waals surface area (Å²) in [6, 6.07) is 17.3. The molecule has 2 aromatic carbocycles. The number of thiazole rings is 1. The SMILES string of the molecule is COc1ccccc1-c1csc([C@H]2CCCCN2C(=O)COc2ccccc2)n1. The summed E-state index contributed by atoms with van der Waals surface area (Å²) in [7, 11) is 1.67. The highest BCUT2D eigenvalue weighted by atomic mass is 32.1. The molecule has 1 aliphatic rings. The Bertz CT molecular complexity index is 958. The third-order valence-electron chi connectivity index (χ3n) is 5.12. The van der Waals surface area contributed by atoms with Gasteiger partial charge in [0.2, 0.25) is 0 Å². The predicted octanol–water partition coefficient (Wildman–Crippen LogP) is 4.95. The number of ether oxygens (including phenoxy) is 2. The van der Waals surface area contributed by atoms with E-state index in [1.807, 2.05) is 64.9 Å². The van der Waals surface area contributed by atoms with Crippen molar-refractivity contribution in [2.24, 2.45) is 0 Å². The third kappa shape index (κ3) is 4.43. The van der Waals surface area contributed by atoms with Crippen molar-refractivity contribution in [2.75, 3.05) is 20.3 Å². The lowest BCUT2D eigenvalue weighted by Gasteiger charge is -2.34. The first-order valence-corrected chi connectivity index (χ1v) is 10.7. The topological polar surface area (TPSA) is 51.7 Å². The van der Waals surface area contributed by atoms with E-state index < -0.39 is 0 Å². The Morgan fingerprint density at radius 3 is 2.76 bits per heavy atom. The maximum absolute atomic E-state index is 12.9. The summed E-state index contributed by atoms with van der Waals surface area (Å²) in [5.41, 5.74) is 1.86. The van der Waals surface area contributed by atoms with Gasteiger partial charge in [0.15, 0.2) is 6.61 Å². The molecule has 0 radical (unpaired) electrons. The van der Waals surface area contributed by atoms with Crippen LogP contribution in [0.5, 0.6) is 11.5 Å². The summed E-state index contributed by atoms with van der Waals surface area (Å²) in [4.78, 5) is 19.7. The van der Waals surface area contributed by atoms with Crippen molar-refractivity contribution in [2.45, 2.75) is 25.3 Å². The fourth-order valence-electron chi connectivity index (χ4n) is 3.65. The molecule has 4 rings (SSSR count). The van der Waals surface area contributed by atoms with Gasteiger partial charge in [0.25, 0.3) is 5.91 Å². The molecule has 150 valence electrons. The van der Waals surface area contributed by atoms with Crippen LogP contribution in [0.25, 0.3) is 11.3 Å². The maximum Gasteiger partial charge on any atom is 0.261 e. The molecule has 6 heteroatoms. The number of benzene rings is 2. The summed E-state index contributed by atoms with van der Waals surface area (Å²) < 4.78 is 11.2. The van der Waals surface area contributed by atoms with Crippen LogP contribution in [0.4, 0.5) is 0 Å². The standard InChI is InChI=1S/C23H24N2O3S/c1-27-21-13-6-5-11-18(21)19-16-29-23(24-19)20-12-7-8-14-25(20)22(26)15-28-17-9-3-2-4-10-17/h2-6,9-11,13,16,20H,7-8,12,14-15H2,1H3/t20-/m1/s1. The van der Waals surface area contributed by atoms with Gasteiger partial charge in [-0.25, -0.2) is 4.98 Å². The largest absolute Gasteiger partial charge is 0.496 e. The molecule has 0 spiro atoms. The van der Waals surface area contributed by atoms with Gasteiger partial charge >= 0.3 is 0 Å². The number of methoxy groups -OCH3 is 1. The first-order valence-electron chi connectivity index (χ1n) is 9.82. The second-order valence-corrected chi connectivity index (χ2v) is 7.86. The lowest BCUT2D eigenvalue weighted by Crippen LogP contribution is -2.41. The minimum atomic E-state index is 0.00378. The Kier molecular flexibility index (Phi) is 6.10. The number of piperidine rings is 1. The molecule has 1 fully saturated rings. The van der Waals surface area contributed by atoms with Crippen LogP contribution < -0.4 is 9.47 Å². The minimum absolute atomic E-state index is 0.00378. The molecular weight excluding hydrogens is 384 g/mol. The highest BCUT2D eigenvalue weighted by Gasteiger charge is 2.30. The van der Waals surface area contributed by atoms with Crippen molar-refractivity contribution in [1.82, 2.24) is 9.88 Å². The Labute approximate surface area is 174 Å². The molecule has 0 aliphatic carbocycles. The first-order chi connectivity index (χ1) is 14.3. The van der Waals surface area contributed by atoms with E-state index in [4.69, 9.17) is 14.5 Å². The van der Waals surface area contributed by atoms with E-state index in [0.717, 1.165) is 47.8 Å². The number of rotatable bonds is 6. The van der Waals surface area contributed by atoms with Crippen LogP contribution in [0.3, 0.4) is 0 Å². The second-order valence-electron chi connectivity index (χ2n) is 6.97. The summed E-state index contributed by atoms with van der Waals surface area (Å²) in [6.45, 7) is 0.788. The van der Waals surface area contributed by atoms with Crippen LogP contribution in [0.1, 0.15) is 30.3 Å². The Morgan fingerprint density at radius 1 is 1.14 bits per heavy atom. The smallest absolute Gasteiger partial charge is 0.261 e. The molecule has 0 saturated carbocycles. The van der Waals surface area contributed by atoms with Crippen LogP contribution in [-0.4, -0.2) is 36.1 Å². The van der Waals surface area contributed by atoms with Crippen molar-refractivity contribution in [3.05, 3.63) is 65.0 Å². The zero-order chi connectivity index (χ0) is 20.1. The van der Waals surface area contributed by atoms with Crippen LogP contribution in [0, 0.1) is 0 Å². The lowest BCUT2D eigenvalue weighted by molar-refractivity contribution is -0.137. The number of likely N-dealkylation sites (tertiary alicyclic amines) is 1. The molecule has 2 heterocycles. The Hall–Kier alpha value is -2.86. The molecule has 3 aromatic rings. The fourth-order valence-corrected chi connectivity index (χ4v) is 4.62. The van der Waals surface area contributed by atoms with Crippen molar-refractivity contribution in [1.29, 1.82) is 0 Å². The van der Waals surface area contributed by atoms with E-state index in [9.17, 15) is 4.79 Å². The third-order valence-corrected chi connectivity index (χ3v) is 6.06. The van der Waals surface area contributed by atoms with Crippen LogP contribution in [-0.2, 0) is 4.79 Å². The molecule has 1 saturated heterocycles. The van der Waals surface area contributed by atoms with Gasteiger partial charge in [-0.2, -0.15) is 0 Å². The quantitative estimate of drug-likeness (QED) is 0.579. The van der Waals surface area contributed by atoms with Crippen molar-refractivity contribution in [3.8, 4) is 22.8 Å². The van der Waals surface area contributed by atoms with E-state index in [1.54, 1.807) is 18.4 Å². The second kappa shape index (κ2) is 9.09. The Balaban J connectivity index is 1.50. The number of hydrogen-bond donors (Lipinski definition) is 0. The fraction of sp³-hybridized carbons (Fsp3) is 0.304. The summed E-state index contributed by atoms with van der Waals surface area (Å²) >= 11 is 1.60. The van der Waals surface area contributed by atoms with Gasteiger partial charge < -0.3 is 14.4 Å². The van der Waals surface area contributed by atoms with Crippen LogP contribution in [0.15, 0.2) is 60.0 Å². The molecule has 1 amide bonds. The average Bonchev–Trinajstić information content (AvgIpc) is 3.28. The molecule has 0 N–H and O–H groups in total. The van der Waals surface area contributed by atoms with Crippen molar-refractivity contribution in [3.63, 3.8) is 0 Å². The summed E-state index contributed by atoms with van der Waals surface area (Å²) in [5, 5.41) is 3.02. The number of amides is 1. The number of aromatic nitrogens is 1. The van der Waals surface area contributed by atoms with Crippen molar-refractivity contribution >= 4 is 17.2 Å². The number of carbonyl (C=O) groups is 1. The van der Waals surface area contributed by atoms with Crippen molar-refractivity contribution < 1.29 is 14.3 Å². The lowest BCUT2D eigenvalue weighted by atomic mass is 10.0. The minimum Gasteiger partial charge on any atom is -0.496 e. The molecule has 0 bridgehead atoms. The zero-order valence-electron chi connectivity index (χ0n) is 16.4. The zero-order valence-corrected chi connectivity index (χ0v) is 17.2. The van der Waals surface area contributed by atoms with Gasteiger partial charge in [-0.3, -0.25) is 4.79 Å². The normalized spacial score (nSPS) is 16.4. The highest BCUT2D eigenvalue weighted by Crippen LogP contribution is 2.37. The van der Waals surface area contributed by atoms with E-state index in [2.05, 4.69) is 0 Å². The average molecular weight is 409 g/mol. The number of carbonyl (C=O) groups excluding carboxylic acids is 1. The first kappa shape index (κ1) is 19.5.